The minimum Gasteiger partial charge on any atom is -0.359 e. The van der Waals surface area contributed by atoms with Crippen molar-refractivity contribution in [2.24, 2.45) is 0 Å². The lowest BCUT2D eigenvalue weighted by Gasteiger charge is -2.29. The molecule has 152 valence electrons. The van der Waals surface area contributed by atoms with Crippen molar-refractivity contribution in [1.82, 2.24) is 14.3 Å². The molecule has 6 heteroatoms. The predicted octanol–water partition coefficient (Wildman–Crippen LogP) is 6.85. The van der Waals surface area contributed by atoms with E-state index in [1.165, 1.54) is 11.1 Å². The zero-order chi connectivity index (χ0) is 21.2. The van der Waals surface area contributed by atoms with E-state index in [-0.39, 0.29) is 6.17 Å². The zero-order valence-corrected chi connectivity index (χ0v) is 18.8. The van der Waals surface area contributed by atoms with Gasteiger partial charge in [-0.25, -0.2) is 4.68 Å². The molecule has 0 radical (unpaired) electrons. The highest BCUT2D eigenvalue weighted by Crippen LogP contribution is 2.41. The van der Waals surface area contributed by atoms with E-state index < -0.39 is 0 Å². The summed E-state index contributed by atoms with van der Waals surface area (Å²) in [7, 11) is 0. The lowest BCUT2D eigenvalue weighted by molar-refractivity contribution is 0.568. The van der Waals surface area contributed by atoms with Crippen LogP contribution in [-0.4, -0.2) is 14.3 Å². The first kappa shape index (κ1) is 19.3. The molecule has 1 N–H and O–H groups in total. The highest BCUT2D eigenvalue weighted by molar-refractivity contribution is 6.35. The van der Waals surface area contributed by atoms with Crippen molar-refractivity contribution in [3.8, 4) is 16.9 Å². The Bertz CT molecular complexity index is 1300. The van der Waals surface area contributed by atoms with Crippen LogP contribution in [0.15, 0.2) is 48.5 Å². The molecule has 1 unspecified atom stereocenters. The van der Waals surface area contributed by atoms with Crippen molar-refractivity contribution in [3.63, 3.8) is 0 Å². The van der Waals surface area contributed by atoms with Crippen molar-refractivity contribution in [2.45, 2.75) is 33.9 Å². The second-order valence-electron chi connectivity index (χ2n) is 7.97. The molecule has 2 aromatic carbocycles. The Labute approximate surface area is 186 Å². The molecular weight excluding hydrogens is 415 g/mol. The monoisotopic (exact) mass is 436 g/mol. The number of anilines is 1. The molecule has 0 spiro atoms. The van der Waals surface area contributed by atoms with Gasteiger partial charge in [0.2, 0.25) is 0 Å². The standard InChI is InChI=1S/C24H22Cl2N4/c1-13-5-7-21-19(9-13)23-10-14(2)28-30(23)24(27-21)18-11-15(3)29(16(18)4)22-8-6-17(25)12-20(22)26/h5-12,24,27H,1-4H3. The van der Waals surface area contributed by atoms with E-state index in [4.69, 9.17) is 28.3 Å². The highest BCUT2D eigenvalue weighted by atomic mass is 35.5. The van der Waals surface area contributed by atoms with Gasteiger partial charge in [-0.15, -0.1) is 0 Å². The summed E-state index contributed by atoms with van der Waals surface area (Å²) in [6, 6.07) is 16.5. The van der Waals surface area contributed by atoms with Crippen LogP contribution in [0.1, 0.15) is 34.4 Å². The minimum absolute atomic E-state index is 0.102. The van der Waals surface area contributed by atoms with E-state index in [9.17, 15) is 0 Å². The molecule has 5 rings (SSSR count). The van der Waals surface area contributed by atoms with Crippen LogP contribution in [-0.2, 0) is 0 Å². The molecule has 4 aromatic rings. The van der Waals surface area contributed by atoms with E-state index >= 15 is 0 Å². The first-order valence-electron chi connectivity index (χ1n) is 9.91. The Morgan fingerprint density at radius 3 is 2.50 bits per heavy atom. The smallest absolute Gasteiger partial charge is 0.149 e. The zero-order valence-electron chi connectivity index (χ0n) is 17.3. The fourth-order valence-electron chi connectivity index (χ4n) is 4.43. The summed E-state index contributed by atoms with van der Waals surface area (Å²) in [5.74, 6) is 0. The molecular formula is C24H22Cl2N4. The largest absolute Gasteiger partial charge is 0.359 e. The van der Waals surface area contributed by atoms with E-state index in [0.717, 1.165) is 39.7 Å². The van der Waals surface area contributed by atoms with Crippen LogP contribution < -0.4 is 5.32 Å². The van der Waals surface area contributed by atoms with Gasteiger partial charge in [0, 0.05) is 33.2 Å². The summed E-state index contributed by atoms with van der Waals surface area (Å²) in [6.07, 6.45) is -0.102. The lowest BCUT2D eigenvalue weighted by Crippen LogP contribution is -2.26. The average Bonchev–Trinajstić information content (AvgIpc) is 3.22. The Hall–Kier alpha value is -2.69. The number of fused-ring (bicyclic) bond motifs is 3. The molecule has 0 bridgehead atoms. The second-order valence-corrected chi connectivity index (χ2v) is 8.81. The summed E-state index contributed by atoms with van der Waals surface area (Å²) in [4.78, 5) is 0. The van der Waals surface area contributed by atoms with E-state index in [1.54, 1.807) is 6.07 Å². The number of aryl methyl sites for hydroxylation is 3. The number of nitrogens with one attached hydrogen (secondary N) is 1. The molecule has 30 heavy (non-hydrogen) atoms. The first-order chi connectivity index (χ1) is 14.3. The SMILES string of the molecule is Cc1ccc2c(c1)-c1cc(C)nn1C(c1cc(C)n(-c3ccc(Cl)cc3Cl)c1C)N2. The third kappa shape index (κ3) is 2.94. The van der Waals surface area contributed by atoms with Crippen molar-refractivity contribution >= 4 is 28.9 Å². The topological polar surface area (TPSA) is 34.8 Å². The van der Waals surface area contributed by atoms with Crippen LogP contribution in [0.2, 0.25) is 10.0 Å². The molecule has 1 aliphatic heterocycles. The van der Waals surface area contributed by atoms with E-state index in [2.05, 4.69) is 65.7 Å². The van der Waals surface area contributed by atoms with Crippen LogP contribution >= 0.6 is 23.2 Å². The summed E-state index contributed by atoms with van der Waals surface area (Å²) in [5, 5.41) is 9.78. The van der Waals surface area contributed by atoms with Gasteiger partial charge in [0.15, 0.2) is 0 Å². The molecule has 0 aliphatic carbocycles. The number of benzene rings is 2. The van der Waals surface area contributed by atoms with Crippen molar-refractivity contribution in [2.75, 3.05) is 5.32 Å². The van der Waals surface area contributed by atoms with Gasteiger partial charge in [-0.2, -0.15) is 5.10 Å². The maximum Gasteiger partial charge on any atom is 0.149 e. The highest BCUT2D eigenvalue weighted by Gasteiger charge is 2.29. The first-order valence-corrected chi connectivity index (χ1v) is 10.7. The number of rotatable bonds is 2. The number of hydrogen-bond acceptors (Lipinski definition) is 2. The predicted molar refractivity (Wildman–Crippen MR) is 124 cm³/mol. The Kier molecular flexibility index (Phi) is 4.46. The molecule has 2 aromatic heterocycles. The van der Waals surface area contributed by atoms with Crippen molar-refractivity contribution in [3.05, 3.63) is 86.8 Å². The quantitative estimate of drug-likeness (QED) is 0.372. The molecule has 4 nitrogen and oxygen atoms in total. The Morgan fingerprint density at radius 1 is 0.933 bits per heavy atom. The van der Waals surface area contributed by atoms with Crippen molar-refractivity contribution < 1.29 is 0 Å². The number of aromatic nitrogens is 3. The number of nitrogens with zero attached hydrogens (tertiary/aromatic N) is 3. The van der Waals surface area contributed by atoms with Gasteiger partial charge in [-0.1, -0.05) is 34.8 Å². The van der Waals surface area contributed by atoms with Gasteiger partial charge < -0.3 is 9.88 Å². The lowest BCUT2D eigenvalue weighted by atomic mass is 10.0. The maximum absolute atomic E-state index is 6.53. The fraction of sp³-hybridized carbons (Fsp3) is 0.208. The van der Waals surface area contributed by atoms with Gasteiger partial charge in [-0.05, 0) is 70.2 Å². The maximum atomic E-state index is 6.53. The summed E-state index contributed by atoms with van der Waals surface area (Å²) >= 11 is 12.6. The van der Waals surface area contributed by atoms with Crippen LogP contribution in [0.4, 0.5) is 5.69 Å². The molecule has 0 saturated heterocycles. The molecule has 3 heterocycles. The third-order valence-corrected chi connectivity index (χ3v) is 6.30. The molecule has 0 fully saturated rings. The van der Waals surface area contributed by atoms with Crippen molar-refractivity contribution in [1.29, 1.82) is 0 Å². The minimum atomic E-state index is -0.102. The molecule has 0 saturated carbocycles. The van der Waals surface area contributed by atoms with Gasteiger partial charge in [0.05, 0.1) is 22.1 Å². The van der Waals surface area contributed by atoms with Gasteiger partial charge in [0.25, 0.3) is 0 Å². The Balaban J connectivity index is 1.68. The summed E-state index contributed by atoms with van der Waals surface area (Å²) in [6.45, 7) is 8.37. The normalized spacial score (nSPS) is 14.9. The van der Waals surface area contributed by atoms with Gasteiger partial charge in [0.1, 0.15) is 6.17 Å². The Morgan fingerprint density at radius 2 is 1.73 bits per heavy atom. The van der Waals surface area contributed by atoms with Crippen LogP contribution in [0.5, 0.6) is 0 Å². The molecule has 0 amide bonds. The average molecular weight is 437 g/mol. The molecule has 1 atom stereocenters. The van der Waals surface area contributed by atoms with E-state index in [0.29, 0.717) is 10.0 Å². The van der Waals surface area contributed by atoms with Gasteiger partial charge in [-0.3, -0.25) is 0 Å². The van der Waals surface area contributed by atoms with Gasteiger partial charge >= 0.3 is 0 Å². The van der Waals surface area contributed by atoms with Crippen LogP contribution in [0, 0.1) is 27.7 Å². The van der Waals surface area contributed by atoms with Crippen LogP contribution in [0.25, 0.3) is 16.9 Å². The summed E-state index contributed by atoms with van der Waals surface area (Å²) < 4.78 is 4.27. The number of halogens is 2. The van der Waals surface area contributed by atoms with Crippen LogP contribution in [0.3, 0.4) is 0 Å². The fourth-order valence-corrected chi connectivity index (χ4v) is 4.92. The summed E-state index contributed by atoms with van der Waals surface area (Å²) in [5.41, 5.74) is 9.96. The molecule has 1 aliphatic rings. The second kappa shape index (κ2) is 6.93. The number of hydrogen-bond donors (Lipinski definition) is 1. The third-order valence-electron chi connectivity index (χ3n) is 5.76. The van der Waals surface area contributed by atoms with E-state index in [1.807, 2.05) is 19.1 Å².